The molecular weight excluding hydrogens is 336 g/mol. The third-order valence-electron chi connectivity index (χ3n) is 4.51. The Labute approximate surface area is 151 Å². The van der Waals surface area contributed by atoms with Crippen LogP contribution >= 0.6 is 11.8 Å². The molecule has 0 fully saturated rings. The maximum atomic E-state index is 12.6. The lowest BCUT2D eigenvalue weighted by atomic mass is 9.88. The van der Waals surface area contributed by atoms with Crippen LogP contribution in [0.1, 0.15) is 50.3 Å². The number of carbonyl (C=O) groups is 1. The van der Waals surface area contributed by atoms with Gasteiger partial charge >= 0.3 is 5.69 Å². The third kappa shape index (κ3) is 3.98. The molecule has 0 bridgehead atoms. The number of benzene rings is 1. The van der Waals surface area contributed by atoms with Gasteiger partial charge in [0.25, 0.3) is 0 Å². The Balaban J connectivity index is 1.67. The van der Waals surface area contributed by atoms with Crippen molar-refractivity contribution in [2.45, 2.75) is 62.5 Å². The number of carbonyl (C=O) groups excluding carboxylic acids is 1. The average molecular weight is 360 g/mol. The van der Waals surface area contributed by atoms with Crippen LogP contribution in [-0.4, -0.2) is 25.9 Å². The lowest BCUT2D eigenvalue weighted by Gasteiger charge is -2.27. The highest BCUT2D eigenvalue weighted by atomic mass is 32.2. The molecule has 3 rings (SSSR count). The summed E-state index contributed by atoms with van der Waals surface area (Å²) in [7, 11) is 0. The Morgan fingerprint density at radius 3 is 3.08 bits per heavy atom. The molecule has 1 aromatic carbocycles. The predicted octanol–water partition coefficient (Wildman–Crippen LogP) is 2.66. The topological polar surface area (TPSA) is 79.8 Å². The maximum absolute atomic E-state index is 12.6. The van der Waals surface area contributed by atoms with Crippen LogP contribution in [0.3, 0.4) is 0 Å². The number of rotatable bonds is 6. The molecule has 2 N–H and O–H groups in total. The molecule has 0 spiro atoms. The first-order chi connectivity index (χ1) is 12.1. The summed E-state index contributed by atoms with van der Waals surface area (Å²) < 4.78 is 1.59. The third-order valence-corrected chi connectivity index (χ3v) is 5.60. The Kier molecular flexibility index (Phi) is 5.63. The Bertz CT molecular complexity index is 798. The number of hydrogen-bond donors (Lipinski definition) is 2. The molecule has 2 atom stereocenters. The molecule has 1 heterocycles. The van der Waals surface area contributed by atoms with E-state index in [4.69, 9.17) is 0 Å². The first kappa shape index (κ1) is 17.8. The van der Waals surface area contributed by atoms with Gasteiger partial charge in [-0.15, -0.1) is 5.10 Å². The minimum atomic E-state index is -0.320. The van der Waals surface area contributed by atoms with Crippen molar-refractivity contribution in [2.75, 3.05) is 0 Å². The minimum Gasteiger partial charge on any atom is -0.348 e. The summed E-state index contributed by atoms with van der Waals surface area (Å²) in [5, 5.41) is 9.93. The lowest BCUT2D eigenvalue weighted by molar-refractivity contribution is -0.121. The highest BCUT2D eigenvalue weighted by Crippen LogP contribution is 2.30. The number of amides is 1. The highest BCUT2D eigenvalue weighted by Gasteiger charge is 2.25. The number of fused-ring (bicyclic) bond motifs is 1. The van der Waals surface area contributed by atoms with Crippen LogP contribution < -0.4 is 11.0 Å². The van der Waals surface area contributed by atoms with Crippen molar-refractivity contribution in [1.82, 2.24) is 20.1 Å². The van der Waals surface area contributed by atoms with Crippen LogP contribution in [0.4, 0.5) is 0 Å². The zero-order valence-corrected chi connectivity index (χ0v) is 15.4. The van der Waals surface area contributed by atoms with Gasteiger partial charge in [0.1, 0.15) is 0 Å². The highest BCUT2D eigenvalue weighted by molar-refractivity contribution is 8.00. The standard InChI is InChI=1S/C18H24N4O2S/c1-3-11-22-17(24)20-21-18(22)25-12(2)16(23)19-15-10-6-8-13-7-4-5-9-14(13)15/h4-5,7,9,12,15H,3,6,8,10-11H2,1-2H3,(H,19,23)(H,20,24)/t12-,15+/m1/s1. The van der Waals surface area contributed by atoms with Gasteiger partial charge in [0.05, 0.1) is 11.3 Å². The molecule has 1 aliphatic rings. The molecule has 1 aromatic heterocycles. The quantitative estimate of drug-likeness (QED) is 0.776. The minimum absolute atomic E-state index is 0.0230. The van der Waals surface area contributed by atoms with E-state index in [1.54, 1.807) is 4.57 Å². The fourth-order valence-corrected chi connectivity index (χ4v) is 4.11. The zero-order chi connectivity index (χ0) is 17.8. The van der Waals surface area contributed by atoms with Gasteiger partial charge in [-0.1, -0.05) is 43.0 Å². The molecule has 1 amide bonds. The molecule has 0 radical (unpaired) electrons. The smallest absolute Gasteiger partial charge is 0.343 e. The molecule has 0 unspecified atom stereocenters. The number of thioether (sulfide) groups is 1. The summed E-state index contributed by atoms with van der Waals surface area (Å²) in [5.41, 5.74) is 2.32. The van der Waals surface area contributed by atoms with Crippen molar-refractivity contribution in [3.8, 4) is 0 Å². The van der Waals surface area contributed by atoms with Gasteiger partial charge in [-0.25, -0.2) is 9.89 Å². The van der Waals surface area contributed by atoms with E-state index >= 15 is 0 Å². The van der Waals surface area contributed by atoms with Crippen LogP contribution in [0.15, 0.2) is 34.2 Å². The lowest BCUT2D eigenvalue weighted by Crippen LogP contribution is -2.36. The Morgan fingerprint density at radius 1 is 1.48 bits per heavy atom. The van der Waals surface area contributed by atoms with E-state index in [-0.39, 0.29) is 22.9 Å². The summed E-state index contributed by atoms with van der Waals surface area (Å²) >= 11 is 1.32. The summed E-state index contributed by atoms with van der Waals surface area (Å²) in [5.74, 6) is -0.0230. The van der Waals surface area contributed by atoms with Crippen molar-refractivity contribution in [3.63, 3.8) is 0 Å². The number of aryl methyl sites for hydroxylation is 1. The number of aromatic nitrogens is 3. The van der Waals surface area contributed by atoms with Crippen molar-refractivity contribution >= 4 is 17.7 Å². The fraction of sp³-hybridized carbons (Fsp3) is 0.500. The van der Waals surface area contributed by atoms with E-state index in [1.807, 2.05) is 26.0 Å². The van der Waals surface area contributed by atoms with E-state index in [1.165, 1.54) is 22.9 Å². The van der Waals surface area contributed by atoms with Crippen molar-refractivity contribution in [3.05, 3.63) is 45.9 Å². The molecule has 0 saturated heterocycles. The number of aromatic amines is 1. The normalized spacial score (nSPS) is 17.8. The second-order valence-electron chi connectivity index (χ2n) is 6.38. The van der Waals surface area contributed by atoms with Crippen LogP contribution in [0.2, 0.25) is 0 Å². The summed E-state index contributed by atoms with van der Waals surface area (Å²) in [4.78, 5) is 24.4. The Morgan fingerprint density at radius 2 is 2.28 bits per heavy atom. The van der Waals surface area contributed by atoms with Gasteiger partial charge in [-0.3, -0.25) is 9.36 Å². The second-order valence-corrected chi connectivity index (χ2v) is 7.68. The first-order valence-electron chi connectivity index (χ1n) is 8.80. The van der Waals surface area contributed by atoms with E-state index in [0.29, 0.717) is 11.7 Å². The molecule has 2 aromatic rings. The van der Waals surface area contributed by atoms with E-state index in [2.05, 4.69) is 27.6 Å². The monoisotopic (exact) mass is 360 g/mol. The van der Waals surface area contributed by atoms with Gasteiger partial charge in [0.2, 0.25) is 5.91 Å². The molecule has 7 heteroatoms. The molecule has 0 saturated carbocycles. The second kappa shape index (κ2) is 7.91. The van der Waals surface area contributed by atoms with Crippen molar-refractivity contribution in [1.29, 1.82) is 0 Å². The summed E-state index contributed by atoms with van der Waals surface area (Å²) in [6.07, 6.45) is 3.96. The average Bonchev–Trinajstić information content (AvgIpc) is 2.96. The number of H-pyrrole nitrogens is 1. The fourth-order valence-electron chi connectivity index (χ4n) is 3.22. The van der Waals surface area contributed by atoms with Crippen molar-refractivity contribution < 1.29 is 4.79 Å². The number of nitrogens with zero attached hydrogens (tertiary/aromatic N) is 2. The summed E-state index contributed by atoms with van der Waals surface area (Å²) in [6.45, 7) is 4.46. The van der Waals surface area contributed by atoms with E-state index in [0.717, 1.165) is 25.7 Å². The molecule has 0 aliphatic heterocycles. The molecule has 134 valence electrons. The maximum Gasteiger partial charge on any atom is 0.343 e. The molecule has 6 nitrogen and oxygen atoms in total. The van der Waals surface area contributed by atoms with Crippen LogP contribution in [0.5, 0.6) is 0 Å². The zero-order valence-electron chi connectivity index (χ0n) is 14.6. The van der Waals surface area contributed by atoms with Gasteiger partial charge in [0.15, 0.2) is 5.16 Å². The number of nitrogens with one attached hydrogen (secondary N) is 2. The van der Waals surface area contributed by atoms with Crippen LogP contribution in [-0.2, 0) is 17.8 Å². The van der Waals surface area contributed by atoms with Gasteiger partial charge in [-0.2, -0.15) is 0 Å². The van der Waals surface area contributed by atoms with Gasteiger partial charge in [0, 0.05) is 6.54 Å². The van der Waals surface area contributed by atoms with Crippen LogP contribution in [0.25, 0.3) is 0 Å². The molecule has 1 aliphatic carbocycles. The Hall–Kier alpha value is -2.02. The molecular formula is C18H24N4O2S. The molecule has 25 heavy (non-hydrogen) atoms. The van der Waals surface area contributed by atoms with Gasteiger partial charge in [-0.05, 0) is 43.7 Å². The van der Waals surface area contributed by atoms with Gasteiger partial charge < -0.3 is 5.32 Å². The van der Waals surface area contributed by atoms with Crippen molar-refractivity contribution in [2.24, 2.45) is 0 Å². The van der Waals surface area contributed by atoms with E-state index in [9.17, 15) is 9.59 Å². The number of hydrogen-bond acceptors (Lipinski definition) is 4. The predicted molar refractivity (Wildman–Crippen MR) is 98.7 cm³/mol. The summed E-state index contributed by atoms with van der Waals surface area (Å²) in [6, 6.07) is 8.38. The largest absolute Gasteiger partial charge is 0.348 e. The first-order valence-corrected chi connectivity index (χ1v) is 9.68. The SMILES string of the molecule is CCCn1c(S[C@H](C)C(=O)N[C@H]2CCCc3ccccc32)n[nH]c1=O. The van der Waals surface area contributed by atoms with E-state index < -0.39 is 0 Å². The van der Waals surface area contributed by atoms with Crippen LogP contribution in [0, 0.1) is 0 Å².